The predicted molar refractivity (Wildman–Crippen MR) is 76.4 cm³/mol. The Hall–Kier alpha value is -0.0800. The van der Waals surface area contributed by atoms with Gasteiger partial charge >= 0.3 is 0 Å². The molecule has 0 amide bonds. The first kappa shape index (κ1) is 15.0. The standard InChI is InChI=1S/C15H32N2/c1-5-10-16-13(4)14-9-8-11-17(12-14)15(6-2)7-3/h13-16H,5-12H2,1-4H3. The smallest absolute Gasteiger partial charge is 0.00901 e. The summed E-state index contributed by atoms with van der Waals surface area (Å²) in [6, 6.07) is 1.50. The maximum atomic E-state index is 3.67. The molecule has 0 radical (unpaired) electrons. The minimum Gasteiger partial charge on any atom is -0.314 e. The van der Waals surface area contributed by atoms with E-state index in [9.17, 15) is 0 Å². The summed E-state index contributed by atoms with van der Waals surface area (Å²) >= 11 is 0. The molecule has 2 nitrogen and oxygen atoms in total. The molecular formula is C15H32N2. The van der Waals surface area contributed by atoms with Crippen LogP contribution in [-0.4, -0.2) is 36.6 Å². The molecule has 0 aromatic carbocycles. The highest BCUT2D eigenvalue weighted by molar-refractivity contribution is 4.83. The Morgan fingerprint density at radius 3 is 2.53 bits per heavy atom. The van der Waals surface area contributed by atoms with E-state index in [1.54, 1.807) is 0 Å². The molecule has 0 aliphatic carbocycles. The van der Waals surface area contributed by atoms with E-state index in [0.717, 1.165) is 12.0 Å². The van der Waals surface area contributed by atoms with E-state index in [1.807, 2.05) is 0 Å². The first-order valence-corrected chi connectivity index (χ1v) is 7.70. The molecule has 1 aliphatic rings. The van der Waals surface area contributed by atoms with Crippen molar-refractivity contribution in [2.45, 2.75) is 71.9 Å². The van der Waals surface area contributed by atoms with Crippen molar-refractivity contribution in [1.82, 2.24) is 10.2 Å². The van der Waals surface area contributed by atoms with Crippen molar-refractivity contribution in [3.63, 3.8) is 0 Å². The lowest BCUT2D eigenvalue weighted by Crippen LogP contribution is -2.48. The van der Waals surface area contributed by atoms with Gasteiger partial charge in [0.25, 0.3) is 0 Å². The molecule has 2 unspecified atom stereocenters. The van der Waals surface area contributed by atoms with Gasteiger partial charge in [0.1, 0.15) is 0 Å². The Kier molecular flexibility index (Phi) is 7.14. The molecule has 1 aliphatic heterocycles. The van der Waals surface area contributed by atoms with Crippen LogP contribution in [-0.2, 0) is 0 Å². The van der Waals surface area contributed by atoms with Crippen LogP contribution in [0.15, 0.2) is 0 Å². The van der Waals surface area contributed by atoms with Crippen molar-refractivity contribution >= 4 is 0 Å². The van der Waals surface area contributed by atoms with E-state index in [-0.39, 0.29) is 0 Å². The zero-order valence-electron chi connectivity index (χ0n) is 12.3. The number of nitrogens with zero attached hydrogens (tertiary/aromatic N) is 1. The Morgan fingerprint density at radius 2 is 1.94 bits per heavy atom. The van der Waals surface area contributed by atoms with E-state index in [0.29, 0.717) is 6.04 Å². The summed E-state index contributed by atoms with van der Waals surface area (Å²) in [5.41, 5.74) is 0. The molecule has 0 spiro atoms. The molecular weight excluding hydrogens is 208 g/mol. The van der Waals surface area contributed by atoms with Crippen molar-refractivity contribution < 1.29 is 0 Å². The van der Waals surface area contributed by atoms with Gasteiger partial charge < -0.3 is 10.2 Å². The zero-order chi connectivity index (χ0) is 12.7. The van der Waals surface area contributed by atoms with E-state index in [2.05, 4.69) is 37.9 Å². The minimum absolute atomic E-state index is 0.687. The number of rotatable bonds is 7. The quantitative estimate of drug-likeness (QED) is 0.735. The Labute approximate surface area is 108 Å². The van der Waals surface area contributed by atoms with Gasteiger partial charge in [0, 0.05) is 18.6 Å². The maximum absolute atomic E-state index is 3.67. The van der Waals surface area contributed by atoms with Crippen molar-refractivity contribution in [2.75, 3.05) is 19.6 Å². The average Bonchev–Trinajstić information content (AvgIpc) is 2.38. The minimum atomic E-state index is 0.687. The van der Waals surface area contributed by atoms with Gasteiger partial charge in [-0.05, 0) is 58.0 Å². The van der Waals surface area contributed by atoms with Gasteiger partial charge in [-0.3, -0.25) is 0 Å². The molecule has 1 rings (SSSR count). The van der Waals surface area contributed by atoms with Crippen molar-refractivity contribution in [3.8, 4) is 0 Å². The topological polar surface area (TPSA) is 15.3 Å². The fourth-order valence-electron chi connectivity index (χ4n) is 3.12. The molecule has 0 saturated carbocycles. The fourth-order valence-corrected chi connectivity index (χ4v) is 3.12. The second kappa shape index (κ2) is 8.10. The van der Waals surface area contributed by atoms with Gasteiger partial charge in [-0.2, -0.15) is 0 Å². The second-order valence-corrected chi connectivity index (χ2v) is 5.61. The molecule has 102 valence electrons. The summed E-state index contributed by atoms with van der Waals surface area (Å²) < 4.78 is 0. The summed E-state index contributed by atoms with van der Waals surface area (Å²) in [6.45, 7) is 13.1. The van der Waals surface area contributed by atoms with Gasteiger partial charge in [-0.1, -0.05) is 20.8 Å². The number of piperidine rings is 1. The molecule has 0 aromatic rings. The van der Waals surface area contributed by atoms with Gasteiger partial charge in [0.2, 0.25) is 0 Å². The molecule has 1 heterocycles. The molecule has 1 N–H and O–H groups in total. The van der Waals surface area contributed by atoms with Gasteiger partial charge in [-0.15, -0.1) is 0 Å². The number of hydrogen-bond donors (Lipinski definition) is 1. The third-order valence-corrected chi connectivity index (χ3v) is 4.37. The van der Waals surface area contributed by atoms with Crippen LogP contribution in [0.25, 0.3) is 0 Å². The molecule has 0 aromatic heterocycles. The molecule has 2 heteroatoms. The maximum Gasteiger partial charge on any atom is 0.00901 e. The van der Waals surface area contributed by atoms with Crippen LogP contribution in [0.2, 0.25) is 0 Å². The highest BCUT2D eigenvalue weighted by atomic mass is 15.2. The van der Waals surface area contributed by atoms with Crippen LogP contribution in [0.5, 0.6) is 0 Å². The first-order chi connectivity index (χ1) is 8.22. The van der Waals surface area contributed by atoms with Crippen LogP contribution >= 0.6 is 0 Å². The summed E-state index contributed by atoms with van der Waals surface area (Å²) in [5, 5.41) is 3.67. The third-order valence-electron chi connectivity index (χ3n) is 4.37. The molecule has 17 heavy (non-hydrogen) atoms. The lowest BCUT2D eigenvalue weighted by molar-refractivity contribution is 0.102. The zero-order valence-corrected chi connectivity index (χ0v) is 12.3. The van der Waals surface area contributed by atoms with Crippen LogP contribution in [0.1, 0.15) is 59.8 Å². The lowest BCUT2D eigenvalue weighted by atomic mass is 9.90. The fraction of sp³-hybridized carbons (Fsp3) is 1.00. The average molecular weight is 240 g/mol. The number of likely N-dealkylation sites (tertiary alicyclic amines) is 1. The lowest BCUT2D eigenvalue weighted by Gasteiger charge is -2.40. The van der Waals surface area contributed by atoms with Crippen molar-refractivity contribution in [2.24, 2.45) is 5.92 Å². The van der Waals surface area contributed by atoms with Gasteiger partial charge in [0.15, 0.2) is 0 Å². The van der Waals surface area contributed by atoms with Crippen LogP contribution in [0.4, 0.5) is 0 Å². The highest BCUT2D eigenvalue weighted by Crippen LogP contribution is 2.23. The summed E-state index contributed by atoms with van der Waals surface area (Å²) in [7, 11) is 0. The largest absolute Gasteiger partial charge is 0.314 e. The summed E-state index contributed by atoms with van der Waals surface area (Å²) in [6.07, 6.45) is 6.65. The van der Waals surface area contributed by atoms with E-state index in [1.165, 1.54) is 51.7 Å². The molecule has 1 fully saturated rings. The van der Waals surface area contributed by atoms with Crippen LogP contribution < -0.4 is 5.32 Å². The Morgan fingerprint density at radius 1 is 1.24 bits per heavy atom. The van der Waals surface area contributed by atoms with Crippen LogP contribution in [0.3, 0.4) is 0 Å². The molecule has 2 atom stereocenters. The summed E-state index contributed by atoms with van der Waals surface area (Å²) in [5.74, 6) is 0.857. The highest BCUT2D eigenvalue weighted by Gasteiger charge is 2.27. The number of hydrogen-bond acceptors (Lipinski definition) is 2. The number of nitrogens with one attached hydrogen (secondary N) is 1. The van der Waals surface area contributed by atoms with Gasteiger partial charge in [0.05, 0.1) is 0 Å². The van der Waals surface area contributed by atoms with E-state index < -0.39 is 0 Å². The van der Waals surface area contributed by atoms with Crippen molar-refractivity contribution in [3.05, 3.63) is 0 Å². The molecule has 1 saturated heterocycles. The van der Waals surface area contributed by atoms with Crippen LogP contribution in [0, 0.1) is 5.92 Å². The Bertz CT molecular complexity index is 189. The van der Waals surface area contributed by atoms with E-state index >= 15 is 0 Å². The normalized spacial score (nSPS) is 24.2. The Balaban J connectivity index is 2.42. The predicted octanol–water partition coefficient (Wildman–Crippen LogP) is 3.28. The first-order valence-electron chi connectivity index (χ1n) is 7.70. The van der Waals surface area contributed by atoms with Crippen molar-refractivity contribution in [1.29, 1.82) is 0 Å². The summed E-state index contributed by atoms with van der Waals surface area (Å²) in [4.78, 5) is 2.73. The SMILES string of the molecule is CCCNC(C)C1CCCN(C(CC)CC)C1. The van der Waals surface area contributed by atoms with E-state index in [4.69, 9.17) is 0 Å². The second-order valence-electron chi connectivity index (χ2n) is 5.61. The van der Waals surface area contributed by atoms with Gasteiger partial charge in [-0.25, -0.2) is 0 Å². The third kappa shape index (κ3) is 4.59. The monoisotopic (exact) mass is 240 g/mol. The molecule has 0 bridgehead atoms.